The summed E-state index contributed by atoms with van der Waals surface area (Å²) in [7, 11) is 0. The molecule has 3 N–H and O–H groups in total. The fraction of sp³-hybridized carbons (Fsp3) is 0.158. The maximum absolute atomic E-state index is 11.1. The number of rotatable bonds is 6. The van der Waals surface area contributed by atoms with Crippen LogP contribution in [0.25, 0.3) is 0 Å². The van der Waals surface area contributed by atoms with Gasteiger partial charge in [-0.15, -0.1) is 0 Å². The standard InChI is InChI=1S/C19H20N6O/c1-13-11-18(21-12-17-5-3-4-10-20-17)25-19(22-13)24-16-8-6-15(7-9-16)23-14(2)26/h3-11H,12H2,1-2H3,(H,23,26)(H2,21,22,24,25). The number of anilines is 4. The van der Waals surface area contributed by atoms with Crippen LogP contribution in [0.2, 0.25) is 0 Å². The molecule has 7 nitrogen and oxygen atoms in total. The quantitative estimate of drug-likeness (QED) is 0.631. The number of carbonyl (C=O) groups excluding carboxylic acids is 1. The van der Waals surface area contributed by atoms with Gasteiger partial charge in [0.05, 0.1) is 12.2 Å². The van der Waals surface area contributed by atoms with E-state index in [-0.39, 0.29) is 5.91 Å². The van der Waals surface area contributed by atoms with E-state index in [2.05, 4.69) is 30.9 Å². The van der Waals surface area contributed by atoms with Crippen molar-refractivity contribution in [2.24, 2.45) is 0 Å². The molecule has 0 fully saturated rings. The van der Waals surface area contributed by atoms with Crippen molar-refractivity contribution in [1.82, 2.24) is 15.0 Å². The van der Waals surface area contributed by atoms with Crippen molar-refractivity contribution in [1.29, 1.82) is 0 Å². The van der Waals surface area contributed by atoms with Gasteiger partial charge in [-0.2, -0.15) is 4.98 Å². The molecule has 1 amide bonds. The third-order valence-electron chi connectivity index (χ3n) is 3.49. The number of carbonyl (C=O) groups is 1. The van der Waals surface area contributed by atoms with E-state index in [4.69, 9.17) is 0 Å². The maximum Gasteiger partial charge on any atom is 0.229 e. The van der Waals surface area contributed by atoms with Crippen LogP contribution in [0.5, 0.6) is 0 Å². The van der Waals surface area contributed by atoms with Crippen LogP contribution in [0.4, 0.5) is 23.1 Å². The van der Waals surface area contributed by atoms with Gasteiger partial charge in [-0.1, -0.05) is 6.07 Å². The number of benzene rings is 1. The van der Waals surface area contributed by atoms with Gasteiger partial charge in [0, 0.05) is 36.3 Å². The van der Waals surface area contributed by atoms with Gasteiger partial charge >= 0.3 is 0 Å². The molecule has 1 aromatic carbocycles. The molecular weight excluding hydrogens is 328 g/mol. The first-order chi connectivity index (χ1) is 12.6. The highest BCUT2D eigenvalue weighted by Crippen LogP contribution is 2.18. The Hall–Kier alpha value is -3.48. The van der Waals surface area contributed by atoms with Crippen molar-refractivity contribution >= 4 is 29.0 Å². The van der Waals surface area contributed by atoms with E-state index in [1.54, 1.807) is 6.20 Å². The largest absolute Gasteiger partial charge is 0.364 e. The summed E-state index contributed by atoms with van der Waals surface area (Å²) in [4.78, 5) is 24.2. The fourth-order valence-electron chi connectivity index (χ4n) is 2.37. The van der Waals surface area contributed by atoms with Crippen molar-refractivity contribution < 1.29 is 4.79 Å². The van der Waals surface area contributed by atoms with Gasteiger partial charge in [0.2, 0.25) is 11.9 Å². The summed E-state index contributed by atoms with van der Waals surface area (Å²) in [6.07, 6.45) is 1.76. The van der Waals surface area contributed by atoms with E-state index in [0.717, 1.165) is 28.6 Å². The molecule has 3 aromatic rings. The zero-order chi connectivity index (χ0) is 18.4. The molecular formula is C19H20N6O. The molecule has 7 heteroatoms. The van der Waals surface area contributed by atoms with Crippen LogP contribution >= 0.6 is 0 Å². The molecule has 0 saturated heterocycles. The minimum Gasteiger partial charge on any atom is -0.364 e. The number of hydrogen-bond acceptors (Lipinski definition) is 6. The predicted molar refractivity (Wildman–Crippen MR) is 102 cm³/mol. The van der Waals surface area contributed by atoms with E-state index in [1.807, 2.05) is 55.5 Å². The minimum atomic E-state index is -0.101. The molecule has 3 rings (SSSR count). The summed E-state index contributed by atoms with van der Waals surface area (Å²) in [6, 6.07) is 15.0. The lowest BCUT2D eigenvalue weighted by molar-refractivity contribution is -0.114. The van der Waals surface area contributed by atoms with Crippen LogP contribution in [0.15, 0.2) is 54.7 Å². The molecule has 0 saturated carbocycles. The summed E-state index contributed by atoms with van der Waals surface area (Å²) in [5.74, 6) is 1.12. The van der Waals surface area contributed by atoms with Crippen molar-refractivity contribution in [2.45, 2.75) is 20.4 Å². The molecule has 2 heterocycles. The monoisotopic (exact) mass is 348 g/mol. The van der Waals surface area contributed by atoms with E-state index in [0.29, 0.717) is 12.5 Å². The summed E-state index contributed by atoms with van der Waals surface area (Å²) in [5, 5.41) is 9.16. The molecule has 0 unspecified atom stereocenters. The molecule has 2 aromatic heterocycles. The molecule has 0 aliphatic rings. The second kappa shape index (κ2) is 8.06. The van der Waals surface area contributed by atoms with Gasteiger partial charge in [0.15, 0.2) is 0 Å². The molecule has 0 bridgehead atoms. The van der Waals surface area contributed by atoms with E-state index >= 15 is 0 Å². The molecule has 0 aliphatic carbocycles. The topological polar surface area (TPSA) is 91.8 Å². The summed E-state index contributed by atoms with van der Waals surface area (Å²) < 4.78 is 0. The molecule has 0 radical (unpaired) electrons. The van der Waals surface area contributed by atoms with Gasteiger partial charge < -0.3 is 16.0 Å². The average Bonchev–Trinajstić information content (AvgIpc) is 2.62. The second-order valence-corrected chi connectivity index (χ2v) is 5.78. The van der Waals surface area contributed by atoms with Crippen LogP contribution in [-0.4, -0.2) is 20.9 Å². The van der Waals surface area contributed by atoms with E-state index < -0.39 is 0 Å². The fourth-order valence-corrected chi connectivity index (χ4v) is 2.37. The molecule has 0 atom stereocenters. The number of nitrogens with one attached hydrogen (secondary N) is 3. The van der Waals surface area contributed by atoms with Gasteiger partial charge in [-0.05, 0) is 43.3 Å². The Labute approximate surface area is 151 Å². The summed E-state index contributed by atoms with van der Waals surface area (Å²) in [5.41, 5.74) is 3.36. The smallest absolute Gasteiger partial charge is 0.229 e. The Kier molecular flexibility index (Phi) is 5.38. The van der Waals surface area contributed by atoms with Crippen molar-refractivity contribution in [2.75, 3.05) is 16.0 Å². The van der Waals surface area contributed by atoms with E-state index in [9.17, 15) is 4.79 Å². The Morgan fingerprint density at radius 2 is 1.81 bits per heavy atom. The molecule has 132 valence electrons. The SMILES string of the molecule is CC(=O)Nc1ccc(Nc2nc(C)cc(NCc3ccccn3)n2)cc1. The number of aromatic nitrogens is 3. The van der Waals surface area contributed by atoms with Crippen LogP contribution in [0.1, 0.15) is 18.3 Å². The number of aryl methyl sites for hydroxylation is 1. The summed E-state index contributed by atoms with van der Waals surface area (Å²) >= 11 is 0. The minimum absolute atomic E-state index is 0.101. The number of nitrogens with zero attached hydrogens (tertiary/aromatic N) is 3. The van der Waals surface area contributed by atoms with Crippen molar-refractivity contribution in [3.8, 4) is 0 Å². The van der Waals surface area contributed by atoms with Crippen molar-refractivity contribution in [3.05, 3.63) is 66.1 Å². The predicted octanol–water partition coefficient (Wildman–Crippen LogP) is 3.49. The Balaban J connectivity index is 1.68. The third kappa shape index (κ3) is 5.01. The third-order valence-corrected chi connectivity index (χ3v) is 3.49. The highest BCUT2D eigenvalue weighted by Gasteiger charge is 2.04. The van der Waals surface area contributed by atoms with Crippen LogP contribution in [-0.2, 0) is 11.3 Å². The van der Waals surface area contributed by atoms with Crippen molar-refractivity contribution in [3.63, 3.8) is 0 Å². The van der Waals surface area contributed by atoms with Crippen LogP contribution in [0, 0.1) is 6.92 Å². The second-order valence-electron chi connectivity index (χ2n) is 5.78. The van der Waals surface area contributed by atoms with E-state index in [1.165, 1.54) is 6.92 Å². The maximum atomic E-state index is 11.1. The highest BCUT2D eigenvalue weighted by atomic mass is 16.1. The average molecular weight is 348 g/mol. The highest BCUT2D eigenvalue weighted by molar-refractivity contribution is 5.88. The molecule has 0 aliphatic heterocycles. The Morgan fingerprint density at radius 1 is 1.04 bits per heavy atom. The van der Waals surface area contributed by atoms with Gasteiger partial charge in [-0.3, -0.25) is 9.78 Å². The lowest BCUT2D eigenvalue weighted by Gasteiger charge is -2.10. The summed E-state index contributed by atoms with van der Waals surface area (Å²) in [6.45, 7) is 3.98. The Morgan fingerprint density at radius 3 is 2.50 bits per heavy atom. The van der Waals surface area contributed by atoms with Gasteiger partial charge in [0.1, 0.15) is 5.82 Å². The first-order valence-electron chi connectivity index (χ1n) is 8.22. The normalized spacial score (nSPS) is 10.2. The lowest BCUT2D eigenvalue weighted by atomic mass is 10.3. The van der Waals surface area contributed by atoms with Crippen LogP contribution in [0.3, 0.4) is 0 Å². The number of hydrogen-bond donors (Lipinski definition) is 3. The zero-order valence-corrected chi connectivity index (χ0v) is 14.7. The van der Waals surface area contributed by atoms with Gasteiger partial charge in [-0.25, -0.2) is 4.98 Å². The van der Waals surface area contributed by atoms with Gasteiger partial charge in [0.25, 0.3) is 0 Å². The van der Waals surface area contributed by atoms with Crippen LogP contribution < -0.4 is 16.0 Å². The Bertz CT molecular complexity index is 880. The number of pyridine rings is 1. The first kappa shape index (κ1) is 17.3. The molecule has 26 heavy (non-hydrogen) atoms. The lowest BCUT2D eigenvalue weighted by Crippen LogP contribution is -2.07. The number of amides is 1. The zero-order valence-electron chi connectivity index (χ0n) is 14.7. The first-order valence-corrected chi connectivity index (χ1v) is 8.22. The molecule has 0 spiro atoms.